The molecule has 0 unspecified atom stereocenters. The Balaban J connectivity index is 1.87. The summed E-state index contributed by atoms with van der Waals surface area (Å²) in [5.74, 6) is -0.0358. The Labute approximate surface area is 362 Å². The number of carbonyl (C=O) groups is 2. The molecule has 0 fully saturated rings. The molecule has 0 bridgehead atoms. The van der Waals surface area contributed by atoms with Crippen LogP contribution in [-0.4, -0.2) is 16.6 Å². The molecule has 58 heavy (non-hydrogen) atoms. The molecule has 0 aliphatic heterocycles. The van der Waals surface area contributed by atoms with E-state index in [1.165, 1.54) is 0 Å². The average Bonchev–Trinajstić information content (AvgIpc) is 3.10. The molecule has 1 heterocycles. The molecule has 302 valence electrons. The van der Waals surface area contributed by atoms with Gasteiger partial charge < -0.3 is 0 Å². The van der Waals surface area contributed by atoms with Crippen LogP contribution in [0.4, 0.5) is 11.4 Å². The standard InChI is InChI=1S/C47H49Cl4N5O2/c1-44(2,3)30-20-26(21-31(42(30)57)45(4,5)6)40(55-53-28-16-18-34(48)36(50)24-28)38-14-13-15-39(52-38)41(56-54-29-17-19-35(49)37(51)25-29)27-22-32(46(7,8)9)43(58)33(23-27)47(10,11)12/h13-25H,1-12H3. The minimum absolute atomic E-state index is 0.0179. The summed E-state index contributed by atoms with van der Waals surface area (Å²) >= 11 is 25.2. The molecule has 2 aromatic carbocycles. The first kappa shape index (κ1) is 44.8. The summed E-state index contributed by atoms with van der Waals surface area (Å²) in [4.78, 5) is 33.2. The number of azo groups is 2. The Morgan fingerprint density at radius 1 is 0.466 bits per heavy atom. The molecule has 0 atom stereocenters. The number of hydrogen-bond acceptors (Lipinski definition) is 7. The van der Waals surface area contributed by atoms with Crippen molar-refractivity contribution in [2.24, 2.45) is 42.1 Å². The van der Waals surface area contributed by atoms with E-state index in [9.17, 15) is 9.59 Å². The van der Waals surface area contributed by atoms with E-state index in [1.54, 1.807) is 36.4 Å². The van der Waals surface area contributed by atoms with E-state index in [2.05, 4.69) is 10.2 Å². The molecule has 0 saturated carbocycles. The number of hydrogen-bond donors (Lipinski definition) is 0. The maximum absolute atomic E-state index is 14.0. The van der Waals surface area contributed by atoms with E-state index in [0.29, 0.717) is 87.7 Å². The third-order valence-corrected chi connectivity index (χ3v) is 11.0. The summed E-state index contributed by atoms with van der Waals surface area (Å²) in [5.41, 5.74) is 4.60. The van der Waals surface area contributed by atoms with Crippen LogP contribution in [0.5, 0.6) is 0 Å². The topological polar surface area (TPSA) is 96.5 Å². The molecular formula is C47H49Cl4N5O2. The summed E-state index contributed by atoms with van der Waals surface area (Å²) in [6.07, 6.45) is 7.51. The Morgan fingerprint density at radius 3 is 1.05 bits per heavy atom. The minimum Gasteiger partial charge on any atom is -0.289 e. The Bertz CT molecular complexity index is 2210. The molecule has 0 amide bonds. The highest BCUT2D eigenvalue weighted by Crippen LogP contribution is 2.43. The van der Waals surface area contributed by atoms with Gasteiger partial charge in [0, 0.05) is 33.4 Å². The Morgan fingerprint density at radius 2 is 0.776 bits per heavy atom. The van der Waals surface area contributed by atoms with Gasteiger partial charge >= 0.3 is 0 Å². The summed E-state index contributed by atoms with van der Waals surface area (Å²) in [6, 6.07) is 15.5. The number of carbonyl (C=O) groups excluding carboxylic acids is 2. The summed E-state index contributed by atoms with van der Waals surface area (Å²) in [7, 11) is 0. The van der Waals surface area contributed by atoms with E-state index in [0.717, 1.165) is 0 Å². The van der Waals surface area contributed by atoms with Crippen LogP contribution in [0, 0.1) is 21.7 Å². The van der Waals surface area contributed by atoms with E-state index in [4.69, 9.17) is 61.6 Å². The van der Waals surface area contributed by atoms with Crippen molar-refractivity contribution in [3.63, 3.8) is 0 Å². The lowest BCUT2D eigenvalue weighted by molar-refractivity contribution is -0.114. The van der Waals surface area contributed by atoms with Crippen LogP contribution in [0.25, 0.3) is 11.4 Å². The fraction of sp³-hybridized carbons (Fsp3) is 0.340. The van der Waals surface area contributed by atoms with Gasteiger partial charge in [-0.1, -0.05) is 136 Å². The van der Waals surface area contributed by atoms with E-state index < -0.39 is 21.7 Å². The lowest BCUT2D eigenvalue weighted by atomic mass is 9.71. The predicted molar refractivity (Wildman–Crippen MR) is 240 cm³/mol. The summed E-state index contributed by atoms with van der Waals surface area (Å²) < 4.78 is 0. The number of nitrogens with zero attached hydrogens (tertiary/aromatic N) is 5. The lowest BCUT2D eigenvalue weighted by Crippen LogP contribution is -2.28. The normalized spacial score (nSPS) is 15.9. The Kier molecular flexibility index (Phi) is 13.0. The van der Waals surface area contributed by atoms with Gasteiger partial charge in [0.05, 0.1) is 42.9 Å². The van der Waals surface area contributed by atoms with Gasteiger partial charge in [0.2, 0.25) is 0 Å². The van der Waals surface area contributed by atoms with Crippen molar-refractivity contribution in [3.05, 3.63) is 144 Å². The number of ketones is 2. The maximum Gasteiger partial charge on any atom is 0.186 e. The third kappa shape index (κ3) is 10.3. The van der Waals surface area contributed by atoms with Crippen LogP contribution in [0.1, 0.15) is 94.5 Å². The molecule has 0 saturated heterocycles. The van der Waals surface area contributed by atoms with Gasteiger partial charge in [0.1, 0.15) is 11.4 Å². The number of pyridine rings is 1. The van der Waals surface area contributed by atoms with E-state index in [-0.39, 0.29) is 11.6 Å². The van der Waals surface area contributed by atoms with E-state index >= 15 is 0 Å². The molecule has 3 aromatic rings. The lowest BCUT2D eigenvalue weighted by Gasteiger charge is -2.31. The highest BCUT2D eigenvalue weighted by Gasteiger charge is 2.36. The fourth-order valence-electron chi connectivity index (χ4n) is 6.28. The maximum atomic E-state index is 14.0. The number of allylic oxidation sites excluding steroid dienone is 10. The second-order valence-electron chi connectivity index (χ2n) is 18.5. The van der Waals surface area contributed by atoms with Crippen LogP contribution < -0.4 is 0 Å². The molecule has 7 nitrogen and oxygen atoms in total. The quantitative estimate of drug-likeness (QED) is 0.231. The molecular weight excluding hydrogens is 808 g/mol. The number of aromatic nitrogens is 1. The second kappa shape index (κ2) is 16.8. The number of halogens is 4. The first-order valence-electron chi connectivity index (χ1n) is 18.9. The zero-order chi connectivity index (χ0) is 43.1. The van der Waals surface area contributed by atoms with Crippen molar-refractivity contribution in [2.75, 3.05) is 0 Å². The number of Topliss-reactive ketones (excluding diaryl/α,β-unsaturated/α-hetero) is 2. The molecule has 11 heteroatoms. The van der Waals surface area contributed by atoms with Crippen molar-refractivity contribution < 1.29 is 9.59 Å². The number of rotatable bonds is 6. The highest BCUT2D eigenvalue weighted by molar-refractivity contribution is 6.42. The average molecular weight is 858 g/mol. The molecule has 2 aliphatic rings. The van der Waals surface area contributed by atoms with Crippen LogP contribution in [0.15, 0.2) is 133 Å². The smallest absolute Gasteiger partial charge is 0.186 e. The predicted octanol–water partition coefficient (Wildman–Crippen LogP) is 15.7. The molecule has 0 spiro atoms. The van der Waals surface area contributed by atoms with Crippen molar-refractivity contribution in [1.29, 1.82) is 0 Å². The van der Waals surface area contributed by atoms with Crippen LogP contribution in [-0.2, 0) is 9.59 Å². The summed E-state index contributed by atoms with van der Waals surface area (Å²) in [6.45, 7) is 24.2. The first-order valence-corrected chi connectivity index (χ1v) is 20.4. The van der Waals surface area contributed by atoms with Crippen LogP contribution in [0.2, 0.25) is 20.1 Å². The van der Waals surface area contributed by atoms with Crippen molar-refractivity contribution in [2.45, 2.75) is 83.1 Å². The van der Waals surface area contributed by atoms with Gasteiger partial charge in [-0.2, -0.15) is 10.2 Å². The number of benzene rings is 2. The zero-order valence-electron chi connectivity index (χ0n) is 35.1. The van der Waals surface area contributed by atoms with Gasteiger partial charge in [0.25, 0.3) is 0 Å². The molecule has 2 aliphatic carbocycles. The third-order valence-electron chi connectivity index (χ3n) is 9.53. The Hall–Kier alpha value is -4.27. The molecule has 0 N–H and O–H groups in total. The van der Waals surface area contributed by atoms with Gasteiger partial charge in [-0.25, -0.2) is 4.98 Å². The van der Waals surface area contributed by atoms with Gasteiger partial charge in [-0.05, 0) is 94.5 Å². The second-order valence-corrected chi connectivity index (χ2v) is 20.1. The SMILES string of the molecule is CC(C)(C)C1=CC(=C(N=Nc2ccc(Cl)c(Cl)c2)c2cccc(C(N=Nc3ccc(Cl)c(Cl)c3)=C3C=C(C(C)(C)C)C(=O)C(C(C)(C)C)=C3)n2)C=C(C(C)(C)C)C1=O. The van der Waals surface area contributed by atoms with Crippen LogP contribution in [0.3, 0.4) is 0 Å². The van der Waals surface area contributed by atoms with Gasteiger partial charge in [-0.3, -0.25) is 9.59 Å². The molecule has 0 radical (unpaired) electrons. The van der Waals surface area contributed by atoms with Crippen molar-refractivity contribution in [3.8, 4) is 0 Å². The highest BCUT2D eigenvalue weighted by atomic mass is 35.5. The zero-order valence-corrected chi connectivity index (χ0v) is 38.1. The fourth-order valence-corrected chi connectivity index (χ4v) is 6.87. The van der Waals surface area contributed by atoms with Gasteiger partial charge in [-0.15, -0.1) is 10.2 Å². The largest absolute Gasteiger partial charge is 0.289 e. The molecule has 1 aromatic heterocycles. The minimum atomic E-state index is -0.483. The molecule has 5 rings (SSSR count). The first-order chi connectivity index (χ1) is 26.8. The van der Waals surface area contributed by atoms with Crippen LogP contribution >= 0.6 is 46.4 Å². The monoisotopic (exact) mass is 855 g/mol. The van der Waals surface area contributed by atoms with E-state index in [1.807, 2.05) is 126 Å². The van der Waals surface area contributed by atoms with Crippen molar-refractivity contribution >= 4 is 80.7 Å². The van der Waals surface area contributed by atoms with Crippen molar-refractivity contribution in [1.82, 2.24) is 4.98 Å². The summed E-state index contributed by atoms with van der Waals surface area (Å²) in [5, 5.41) is 20.3. The van der Waals surface area contributed by atoms with Gasteiger partial charge in [0.15, 0.2) is 11.6 Å².